The lowest BCUT2D eigenvalue weighted by Gasteiger charge is -2.17. The topological polar surface area (TPSA) is 63.8 Å². The van der Waals surface area contributed by atoms with Crippen molar-refractivity contribution in [3.05, 3.63) is 53.5 Å². The number of pyridine rings is 1. The van der Waals surface area contributed by atoms with E-state index < -0.39 is 0 Å². The Kier molecular flexibility index (Phi) is 4.08. The fraction of sp³-hybridized carbons (Fsp3) is 0.267. The number of thiophene rings is 1. The minimum absolute atomic E-state index is 0.0191. The molecule has 0 saturated carbocycles. The van der Waals surface area contributed by atoms with Crippen LogP contribution in [-0.2, 0) is 0 Å². The molecule has 0 unspecified atom stereocenters. The molecule has 5 nitrogen and oxygen atoms in total. The molecule has 0 aliphatic heterocycles. The summed E-state index contributed by atoms with van der Waals surface area (Å²) in [6.45, 7) is 4.12. The summed E-state index contributed by atoms with van der Waals surface area (Å²) in [5.41, 5.74) is 1.18. The third-order valence-corrected chi connectivity index (χ3v) is 4.13. The van der Waals surface area contributed by atoms with Crippen molar-refractivity contribution in [3.8, 4) is 10.7 Å². The normalized spacial score (nSPS) is 14.0. The van der Waals surface area contributed by atoms with Gasteiger partial charge in [-0.1, -0.05) is 11.2 Å². The van der Waals surface area contributed by atoms with Crippen LogP contribution in [-0.4, -0.2) is 15.1 Å². The monoisotopic (exact) mass is 300 g/mol. The Hall–Kier alpha value is -2.05. The first-order valence-electron chi connectivity index (χ1n) is 6.77. The highest BCUT2D eigenvalue weighted by Crippen LogP contribution is 2.24. The van der Waals surface area contributed by atoms with E-state index in [2.05, 4.69) is 27.4 Å². The van der Waals surface area contributed by atoms with E-state index in [0.717, 1.165) is 4.88 Å². The molecule has 0 fully saturated rings. The smallest absolute Gasteiger partial charge is 0.243 e. The Bertz CT molecular complexity index is 681. The predicted molar refractivity (Wildman–Crippen MR) is 81.8 cm³/mol. The molecule has 3 aromatic heterocycles. The summed E-state index contributed by atoms with van der Waals surface area (Å²) in [6, 6.07) is 8.11. The van der Waals surface area contributed by atoms with E-state index >= 15 is 0 Å². The Morgan fingerprint density at radius 3 is 2.67 bits per heavy atom. The van der Waals surface area contributed by atoms with E-state index in [9.17, 15) is 0 Å². The van der Waals surface area contributed by atoms with Crippen LogP contribution in [0.5, 0.6) is 0 Å². The zero-order valence-corrected chi connectivity index (χ0v) is 12.7. The van der Waals surface area contributed by atoms with E-state index in [1.54, 1.807) is 23.7 Å². The van der Waals surface area contributed by atoms with Crippen LogP contribution in [0.2, 0.25) is 0 Å². The van der Waals surface area contributed by atoms with Crippen molar-refractivity contribution in [2.75, 3.05) is 0 Å². The average molecular weight is 300 g/mol. The molecule has 21 heavy (non-hydrogen) atoms. The van der Waals surface area contributed by atoms with Crippen LogP contribution in [0.1, 0.15) is 37.4 Å². The molecule has 108 valence electrons. The third kappa shape index (κ3) is 3.17. The highest BCUT2D eigenvalue weighted by Gasteiger charge is 2.18. The van der Waals surface area contributed by atoms with Gasteiger partial charge in [0.1, 0.15) is 0 Å². The van der Waals surface area contributed by atoms with Crippen LogP contribution in [0.25, 0.3) is 10.7 Å². The molecule has 0 aliphatic carbocycles. The molecule has 0 bridgehead atoms. The minimum Gasteiger partial charge on any atom is -0.337 e. The maximum atomic E-state index is 5.36. The summed E-state index contributed by atoms with van der Waals surface area (Å²) in [5, 5.41) is 9.48. The molecule has 2 atom stereocenters. The highest BCUT2D eigenvalue weighted by atomic mass is 32.1. The van der Waals surface area contributed by atoms with Crippen molar-refractivity contribution in [2.24, 2.45) is 0 Å². The van der Waals surface area contributed by atoms with Crippen LogP contribution < -0.4 is 5.32 Å². The van der Waals surface area contributed by atoms with Gasteiger partial charge in [0.25, 0.3) is 0 Å². The Morgan fingerprint density at radius 2 is 1.95 bits per heavy atom. The molecule has 3 heterocycles. The van der Waals surface area contributed by atoms with Gasteiger partial charge in [-0.2, -0.15) is 4.98 Å². The first-order chi connectivity index (χ1) is 10.2. The van der Waals surface area contributed by atoms with Gasteiger partial charge in [-0.3, -0.25) is 10.3 Å². The maximum Gasteiger partial charge on any atom is 0.243 e. The van der Waals surface area contributed by atoms with Gasteiger partial charge in [-0.15, -0.1) is 11.3 Å². The first kappa shape index (κ1) is 13.9. The van der Waals surface area contributed by atoms with Gasteiger partial charge in [0, 0.05) is 18.4 Å². The van der Waals surface area contributed by atoms with E-state index in [1.807, 2.05) is 36.6 Å². The lowest BCUT2D eigenvalue weighted by Crippen LogP contribution is -2.22. The highest BCUT2D eigenvalue weighted by molar-refractivity contribution is 7.13. The Balaban J connectivity index is 1.70. The summed E-state index contributed by atoms with van der Waals surface area (Å²) in [4.78, 5) is 9.50. The molecule has 1 N–H and O–H groups in total. The van der Waals surface area contributed by atoms with Gasteiger partial charge in [0.15, 0.2) is 0 Å². The lowest BCUT2D eigenvalue weighted by atomic mass is 10.1. The van der Waals surface area contributed by atoms with Gasteiger partial charge in [0.2, 0.25) is 11.7 Å². The molecule has 0 saturated heterocycles. The number of hydrogen-bond acceptors (Lipinski definition) is 6. The summed E-state index contributed by atoms with van der Waals surface area (Å²) in [7, 11) is 0. The SMILES string of the molecule is C[C@H](N[C@H](C)c1ccncc1)c1nc(-c2cccs2)no1. The Labute approximate surface area is 127 Å². The summed E-state index contributed by atoms with van der Waals surface area (Å²) < 4.78 is 5.36. The number of nitrogens with zero attached hydrogens (tertiary/aromatic N) is 3. The predicted octanol–water partition coefficient (Wildman–Crippen LogP) is 3.60. The molecule has 0 radical (unpaired) electrons. The number of hydrogen-bond donors (Lipinski definition) is 1. The van der Waals surface area contributed by atoms with Crippen LogP contribution in [0.3, 0.4) is 0 Å². The fourth-order valence-electron chi connectivity index (χ4n) is 2.11. The largest absolute Gasteiger partial charge is 0.337 e. The summed E-state index contributed by atoms with van der Waals surface area (Å²) >= 11 is 1.60. The zero-order chi connectivity index (χ0) is 14.7. The molecule has 0 amide bonds. The lowest BCUT2D eigenvalue weighted by molar-refractivity contribution is 0.328. The van der Waals surface area contributed by atoms with Gasteiger partial charge >= 0.3 is 0 Å². The standard InChI is InChI=1S/C15H16N4OS/c1-10(12-5-7-16-8-6-12)17-11(2)15-18-14(19-20-15)13-4-3-9-21-13/h3-11,17H,1-2H3/t10-,11+/m1/s1. The van der Waals surface area contributed by atoms with Gasteiger partial charge in [0.05, 0.1) is 10.9 Å². The molecule has 0 aromatic carbocycles. The second-order valence-electron chi connectivity index (χ2n) is 4.82. The van der Waals surface area contributed by atoms with Crippen LogP contribution in [0.4, 0.5) is 0 Å². The molecular formula is C15H16N4OS. The average Bonchev–Trinajstić information content (AvgIpc) is 3.19. The van der Waals surface area contributed by atoms with Gasteiger partial charge < -0.3 is 4.52 Å². The molecule has 0 aliphatic rings. The summed E-state index contributed by atoms with van der Waals surface area (Å²) in [5.74, 6) is 1.24. The van der Waals surface area contributed by atoms with Gasteiger partial charge in [-0.25, -0.2) is 0 Å². The van der Waals surface area contributed by atoms with Crippen molar-refractivity contribution in [3.63, 3.8) is 0 Å². The molecule has 3 aromatic rings. The zero-order valence-electron chi connectivity index (χ0n) is 11.9. The quantitative estimate of drug-likeness (QED) is 0.780. The van der Waals surface area contributed by atoms with Crippen molar-refractivity contribution >= 4 is 11.3 Å². The molecule has 3 rings (SSSR count). The maximum absolute atomic E-state index is 5.36. The number of nitrogens with one attached hydrogen (secondary N) is 1. The second-order valence-corrected chi connectivity index (χ2v) is 5.77. The van der Waals surface area contributed by atoms with Crippen molar-refractivity contribution in [1.82, 2.24) is 20.4 Å². The first-order valence-corrected chi connectivity index (χ1v) is 7.65. The Morgan fingerprint density at radius 1 is 1.14 bits per heavy atom. The summed E-state index contributed by atoms with van der Waals surface area (Å²) in [6.07, 6.45) is 3.58. The van der Waals surface area contributed by atoms with Crippen molar-refractivity contribution in [1.29, 1.82) is 0 Å². The van der Waals surface area contributed by atoms with E-state index in [-0.39, 0.29) is 12.1 Å². The molecule has 0 spiro atoms. The van der Waals surface area contributed by atoms with E-state index in [1.165, 1.54) is 5.56 Å². The second kappa shape index (κ2) is 6.15. The van der Waals surface area contributed by atoms with E-state index in [0.29, 0.717) is 11.7 Å². The third-order valence-electron chi connectivity index (χ3n) is 3.26. The number of rotatable bonds is 5. The minimum atomic E-state index is -0.0191. The van der Waals surface area contributed by atoms with Crippen LogP contribution in [0, 0.1) is 0 Å². The fourth-order valence-corrected chi connectivity index (χ4v) is 2.76. The van der Waals surface area contributed by atoms with Crippen molar-refractivity contribution < 1.29 is 4.52 Å². The number of aromatic nitrogens is 3. The van der Waals surface area contributed by atoms with Crippen molar-refractivity contribution in [2.45, 2.75) is 25.9 Å². The van der Waals surface area contributed by atoms with E-state index in [4.69, 9.17) is 4.52 Å². The molecular weight excluding hydrogens is 284 g/mol. The molecule has 6 heteroatoms. The van der Waals surface area contributed by atoms with Gasteiger partial charge in [-0.05, 0) is 43.0 Å². The van der Waals surface area contributed by atoms with Crippen LogP contribution >= 0.6 is 11.3 Å². The van der Waals surface area contributed by atoms with Crippen LogP contribution in [0.15, 0.2) is 46.6 Å².